The first-order valence-electron chi connectivity index (χ1n) is 6.17. The lowest BCUT2D eigenvalue weighted by Gasteiger charge is -2.36. The predicted molar refractivity (Wildman–Crippen MR) is 68.4 cm³/mol. The molecule has 1 atom stereocenters. The molecule has 0 spiro atoms. The van der Waals surface area contributed by atoms with E-state index in [1.807, 2.05) is 0 Å². The van der Waals surface area contributed by atoms with Crippen LogP contribution >= 0.6 is 0 Å². The molecule has 6 heteroatoms. The van der Waals surface area contributed by atoms with Crippen LogP contribution in [0.5, 0.6) is 5.75 Å². The van der Waals surface area contributed by atoms with Crippen molar-refractivity contribution in [1.82, 2.24) is 0 Å². The molecule has 0 amide bonds. The Morgan fingerprint density at radius 2 is 2.11 bits per heavy atom. The summed E-state index contributed by atoms with van der Waals surface area (Å²) in [6, 6.07) is 5.14. The fourth-order valence-corrected chi connectivity index (χ4v) is 2.48. The molecular weight excluding hydrogens is 257 g/mol. The molecule has 1 unspecified atom stereocenters. The molecule has 0 aliphatic carbocycles. The average molecular weight is 274 g/mol. The largest absolute Gasteiger partial charge is 0.492 e. The van der Waals surface area contributed by atoms with Gasteiger partial charge in [0, 0.05) is 13.1 Å². The van der Waals surface area contributed by atoms with Crippen LogP contribution in [0.1, 0.15) is 12.8 Å². The molecule has 19 heavy (non-hydrogen) atoms. The molecule has 0 saturated carbocycles. The highest BCUT2D eigenvalue weighted by molar-refractivity contribution is 5.70. The van der Waals surface area contributed by atoms with Crippen LogP contribution in [0, 0.1) is 5.92 Å². The molecule has 1 aliphatic rings. The van der Waals surface area contributed by atoms with E-state index in [9.17, 15) is 13.2 Å². The number of nitrogens with two attached hydrogens (primary N) is 1. The van der Waals surface area contributed by atoms with E-state index < -0.39 is 12.1 Å². The molecule has 0 radical (unpaired) electrons. The fraction of sp³-hybridized carbons (Fsp3) is 0.538. The third-order valence-electron chi connectivity index (χ3n) is 3.45. The van der Waals surface area contributed by atoms with E-state index in [4.69, 9.17) is 10.5 Å². The zero-order chi connectivity index (χ0) is 14.0. The number of para-hydroxylation sites is 1. The molecule has 0 bridgehead atoms. The fourth-order valence-electron chi connectivity index (χ4n) is 2.48. The van der Waals surface area contributed by atoms with Crippen LogP contribution < -0.4 is 15.4 Å². The maximum atomic E-state index is 12.8. The Hall–Kier alpha value is -1.59. The number of alkyl halides is 3. The second-order valence-electron chi connectivity index (χ2n) is 4.73. The van der Waals surface area contributed by atoms with Gasteiger partial charge in [0.15, 0.2) is 5.75 Å². The Balaban J connectivity index is 2.25. The summed E-state index contributed by atoms with van der Waals surface area (Å²) in [5.74, 6) is -0.835. The number of methoxy groups -OCH3 is 1. The lowest BCUT2D eigenvalue weighted by Crippen LogP contribution is -2.41. The Morgan fingerprint density at radius 3 is 2.74 bits per heavy atom. The first-order chi connectivity index (χ1) is 8.93. The van der Waals surface area contributed by atoms with E-state index in [0.717, 1.165) is 0 Å². The van der Waals surface area contributed by atoms with Gasteiger partial charge in [0.2, 0.25) is 0 Å². The van der Waals surface area contributed by atoms with Gasteiger partial charge in [-0.3, -0.25) is 0 Å². The average Bonchev–Trinajstić information content (AvgIpc) is 2.37. The minimum atomic E-state index is -4.15. The van der Waals surface area contributed by atoms with Crippen LogP contribution in [0.4, 0.5) is 24.5 Å². The van der Waals surface area contributed by atoms with Gasteiger partial charge in [-0.05, 0) is 25.0 Å². The Bertz CT molecular complexity index is 448. The van der Waals surface area contributed by atoms with Crippen LogP contribution in [-0.2, 0) is 0 Å². The molecule has 1 aromatic rings. The first-order valence-corrected chi connectivity index (χ1v) is 6.17. The molecule has 1 fully saturated rings. The minimum absolute atomic E-state index is 0.0384. The van der Waals surface area contributed by atoms with Crippen molar-refractivity contribution >= 4 is 11.4 Å². The Morgan fingerprint density at radius 1 is 1.37 bits per heavy atom. The zero-order valence-corrected chi connectivity index (χ0v) is 10.7. The van der Waals surface area contributed by atoms with Crippen molar-refractivity contribution < 1.29 is 17.9 Å². The molecule has 106 valence electrons. The third kappa shape index (κ3) is 2.88. The summed E-state index contributed by atoms with van der Waals surface area (Å²) < 4.78 is 43.6. The normalized spacial score (nSPS) is 20.4. The Kier molecular flexibility index (Phi) is 3.78. The van der Waals surface area contributed by atoms with Crippen LogP contribution in [-0.4, -0.2) is 26.4 Å². The summed E-state index contributed by atoms with van der Waals surface area (Å²) in [5, 5.41) is 0. The highest BCUT2D eigenvalue weighted by Crippen LogP contribution is 2.39. The number of benzene rings is 1. The van der Waals surface area contributed by atoms with E-state index in [-0.39, 0.29) is 13.0 Å². The van der Waals surface area contributed by atoms with Gasteiger partial charge in [0.1, 0.15) is 0 Å². The maximum absolute atomic E-state index is 12.8. The third-order valence-corrected chi connectivity index (χ3v) is 3.45. The molecule has 1 heterocycles. The number of nitrogen functional groups attached to an aromatic ring is 1. The molecule has 2 N–H and O–H groups in total. The van der Waals surface area contributed by atoms with Gasteiger partial charge in [-0.1, -0.05) is 6.07 Å². The SMILES string of the molecule is COc1c(N)cccc1N1CCCC(C(F)(F)F)C1. The van der Waals surface area contributed by atoms with Gasteiger partial charge in [0.25, 0.3) is 0 Å². The number of rotatable bonds is 2. The van der Waals surface area contributed by atoms with Crippen molar-refractivity contribution in [3.05, 3.63) is 18.2 Å². The Labute approximate surface area is 110 Å². The topological polar surface area (TPSA) is 38.5 Å². The monoisotopic (exact) mass is 274 g/mol. The van der Waals surface area contributed by atoms with Crippen LogP contribution in [0.15, 0.2) is 18.2 Å². The number of ether oxygens (including phenoxy) is 1. The summed E-state index contributed by atoms with van der Waals surface area (Å²) >= 11 is 0. The van der Waals surface area contributed by atoms with Gasteiger partial charge < -0.3 is 15.4 Å². The standard InChI is InChI=1S/C13H17F3N2O/c1-19-12-10(17)5-2-6-11(12)18-7-3-4-9(8-18)13(14,15)16/h2,5-6,9H,3-4,7-8,17H2,1H3. The lowest BCUT2D eigenvalue weighted by molar-refractivity contribution is -0.176. The highest BCUT2D eigenvalue weighted by atomic mass is 19.4. The van der Waals surface area contributed by atoms with Crippen molar-refractivity contribution in [2.45, 2.75) is 19.0 Å². The maximum Gasteiger partial charge on any atom is 0.393 e. The van der Waals surface area contributed by atoms with Crippen molar-refractivity contribution in [3.63, 3.8) is 0 Å². The number of nitrogens with zero attached hydrogens (tertiary/aromatic N) is 1. The molecular formula is C13H17F3N2O. The smallest absolute Gasteiger partial charge is 0.393 e. The molecule has 1 saturated heterocycles. The molecule has 1 aromatic carbocycles. The number of hydrogen-bond acceptors (Lipinski definition) is 3. The summed E-state index contributed by atoms with van der Waals surface area (Å²) in [7, 11) is 1.47. The second-order valence-corrected chi connectivity index (χ2v) is 4.73. The second kappa shape index (κ2) is 5.19. The quantitative estimate of drug-likeness (QED) is 0.842. The minimum Gasteiger partial charge on any atom is -0.492 e. The van der Waals surface area contributed by atoms with Gasteiger partial charge in [-0.2, -0.15) is 13.2 Å². The number of hydrogen-bond donors (Lipinski definition) is 1. The van der Waals surface area contributed by atoms with Gasteiger partial charge >= 0.3 is 6.18 Å². The van der Waals surface area contributed by atoms with Crippen LogP contribution in [0.2, 0.25) is 0 Å². The molecule has 0 aromatic heterocycles. The van der Waals surface area contributed by atoms with E-state index in [1.54, 1.807) is 23.1 Å². The molecule has 1 aliphatic heterocycles. The summed E-state index contributed by atoms with van der Waals surface area (Å²) in [5.41, 5.74) is 6.86. The van der Waals surface area contributed by atoms with E-state index in [2.05, 4.69) is 0 Å². The number of anilines is 2. The lowest BCUT2D eigenvalue weighted by atomic mass is 9.97. The molecule has 2 rings (SSSR count). The zero-order valence-electron chi connectivity index (χ0n) is 10.7. The van der Waals surface area contributed by atoms with Crippen molar-refractivity contribution in [2.75, 3.05) is 30.8 Å². The van der Waals surface area contributed by atoms with Crippen molar-refractivity contribution in [2.24, 2.45) is 5.92 Å². The summed E-state index contributed by atoms with van der Waals surface area (Å²) in [6.45, 7) is 0.551. The summed E-state index contributed by atoms with van der Waals surface area (Å²) in [4.78, 5) is 1.71. The van der Waals surface area contributed by atoms with Crippen LogP contribution in [0.3, 0.4) is 0 Å². The number of halogens is 3. The summed E-state index contributed by atoms with van der Waals surface area (Å²) in [6.07, 6.45) is -3.45. The van der Waals surface area contributed by atoms with Crippen LogP contribution in [0.25, 0.3) is 0 Å². The van der Waals surface area contributed by atoms with Gasteiger partial charge in [-0.15, -0.1) is 0 Å². The number of piperidine rings is 1. The molecule has 3 nitrogen and oxygen atoms in total. The van der Waals surface area contributed by atoms with E-state index in [1.165, 1.54) is 7.11 Å². The highest BCUT2D eigenvalue weighted by Gasteiger charge is 2.42. The van der Waals surface area contributed by atoms with E-state index in [0.29, 0.717) is 30.1 Å². The van der Waals surface area contributed by atoms with E-state index >= 15 is 0 Å². The first kappa shape index (κ1) is 13.8. The predicted octanol–water partition coefficient (Wildman–Crippen LogP) is 3.06. The van der Waals surface area contributed by atoms with Gasteiger partial charge in [-0.25, -0.2) is 0 Å². The van der Waals surface area contributed by atoms with Crippen molar-refractivity contribution in [1.29, 1.82) is 0 Å². The van der Waals surface area contributed by atoms with Gasteiger partial charge in [0.05, 0.1) is 24.4 Å². The van der Waals surface area contributed by atoms with Crippen molar-refractivity contribution in [3.8, 4) is 5.75 Å².